The van der Waals surface area contributed by atoms with Gasteiger partial charge in [-0.1, -0.05) is 71.5 Å². The van der Waals surface area contributed by atoms with E-state index in [1.54, 1.807) is 18.4 Å². The predicted molar refractivity (Wildman–Crippen MR) is 151 cm³/mol. The third kappa shape index (κ3) is 4.99. The van der Waals surface area contributed by atoms with Crippen molar-refractivity contribution >= 4 is 33.6 Å². The molecular weight excluding hydrogens is 500 g/mol. The van der Waals surface area contributed by atoms with Gasteiger partial charge in [-0.3, -0.25) is 0 Å². The van der Waals surface area contributed by atoms with E-state index in [4.69, 9.17) is 21.3 Å². The molecule has 182 valence electrons. The minimum Gasteiger partial charge on any atom is -0.497 e. The van der Waals surface area contributed by atoms with E-state index in [0.717, 1.165) is 61.0 Å². The SMILES string of the molecule is COc1ccc(CNc2nnc(-c3ccc4c(c3)C(c3cccc(-c5ccc(Cl)cc5)n3)=CC4)s2)cc1. The lowest BCUT2D eigenvalue weighted by molar-refractivity contribution is 0.414. The molecule has 5 aromatic rings. The van der Waals surface area contributed by atoms with E-state index in [2.05, 4.69) is 51.9 Å². The topological polar surface area (TPSA) is 59.9 Å². The molecule has 7 heteroatoms. The van der Waals surface area contributed by atoms with Crippen LogP contribution in [0.1, 0.15) is 22.4 Å². The summed E-state index contributed by atoms with van der Waals surface area (Å²) in [5, 5.41) is 14.6. The van der Waals surface area contributed by atoms with Crippen LogP contribution in [0.5, 0.6) is 5.75 Å². The van der Waals surface area contributed by atoms with Crippen molar-refractivity contribution in [2.75, 3.05) is 12.4 Å². The molecule has 0 unspecified atom stereocenters. The van der Waals surface area contributed by atoms with E-state index in [-0.39, 0.29) is 0 Å². The lowest BCUT2D eigenvalue weighted by atomic mass is 10.00. The number of hydrogen-bond acceptors (Lipinski definition) is 6. The van der Waals surface area contributed by atoms with Crippen LogP contribution in [-0.2, 0) is 13.0 Å². The number of ether oxygens (including phenoxy) is 1. The van der Waals surface area contributed by atoms with Crippen molar-refractivity contribution in [3.63, 3.8) is 0 Å². The Morgan fingerprint density at radius 3 is 2.49 bits per heavy atom. The number of allylic oxidation sites excluding steroid dienone is 1. The average molecular weight is 523 g/mol. The number of benzene rings is 3. The van der Waals surface area contributed by atoms with E-state index in [9.17, 15) is 0 Å². The maximum absolute atomic E-state index is 6.07. The predicted octanol–water partition coefficient (Wildman–Crippen LogP) is 7.53. The largest absolute Gasteiger partial charge is 0.497 e. The van der Waals surface area contributed by atoms with Gasteiger partial charge in [-0.05, 0) is 65.6 Å². The van der Waals surface area contributed by atoms with E-state index in [1.807, 2.05) is 54.6 Å². The van der Waals surface area contributed by atoms with Crippen LogP contribution >= 0.6 is 22.9 Å². The maximum atomic E-state index is 6.07. The molecule has 37 heavy (non-hydrogen) atoms. The Balaban J connectivity index is 1.22. The van der Waals surface area contributed by atoms with Gasteiger partial charge in [0.1, 0.15) is 10.8 Å². The second-order valence-electron chi connectivity index (χ2n) is 8.72. The minimum absolute atomic E-state index is 0.672. The van der Waals surface area contributed by atoms with Crippen LogP contribution in [0, 0.1) is 0 Å². The molecule has 1 aliphatic rings. The average Bonchev–Trinajstić information content (AvgIpc) is 3.60. The molecular formula is C30H23ClN4OS. The van der Waals surface area contributed by atoms with E-state index in [0.29, 0.717) is 6.54 Å². The zero-order valence-corrected chi connectivity index (χ0v) is 21.7. The van der Waals surface area contributed by atoms with Crippen LogP contribution in [-0.4, -0.2) is 22.3 Å². The monoisotopic (exact) mass is 522 g/mol. The highest BCUT2D eigenvalue weighted by molar-refractivity contribution is 7.18. The lowest BCUT2D eigenvalue weighted by Gasteiger charge is -2.09. The molecule has 2 aromatic heterocycles. The number of nitrogens with zero attached hydrogens (tertiary/aromatic N) is 3. The Labute approximate surface area is 224 Å². The first kappa shape index (κ1) is 23.4. The normalized spacial score (nSPS) is 12.2. The van der Waals surface area contributed by atoms with Crippen molar-refractivity contribution in [2.45, 2.75) is 13.0 Å². The zero-order valence-electron chi connectivity index (χ0n) is 20.1. The van der Waals surface area contributed by atoms with Gasteiger partial charge in [0.15, 0.2) is 0 Å². The van der Waals surface area contributed by atoms with Gasteiger partial charge in [-0.25, -0.2) is 4.98 Å². The summed E-state index contributed by atoms with van der Waals surface area (Å²) in [6, 6.07) is 28.4. The molecule has 0 amide bonds. The molecule has 0 spiro atoms. The highest BCUT2D eigenvalue weighted by Crippen LogP contribution is 2.37. The van der Waals surface area contributed by atoms with Crippen LogP contribution in [0.2, 0.25) is 5.02 Å². The summed E-state index contributed by atoms with van der Waals surface area (Å²) >= 11 is 7.62. The summed E-state index contributed by atoms with van der Waals surface area (Å²) in [5.41, 5.74) is 8.77. The number of fused-ring (bicyclic) bond motifs is 1. The molecule has 6 rings (SSSR count). The molecule has 5 nitrogen and oxygen atoms in total. The van der Waals surface area contributed by atoms with Crippen LogP contribution in [0.25, 0.3) is 27.4 Å². The summed E-state index contributed by atoms with van der Waals surface area (Å²) in [4.78, 5) is 4.97. The quantitative estimate of drug-likeness (QED) is 0.239. The van der Waals surface area contributed by atoms with E-state index < -0.39 is 0 Å². The first-order valence-electron chi connectivity index (χ1n) is 11.9. The van der Waals surface area contributed by atoms with Crippen molar-refractivity contribution in [3.8, 4) is 27.6 Å². The van der Waals surface area contributed by atoms with Crippen LogP contribution in [0.15, 0.2) is 91.0 Å². The molecule has 0 saturated heterocycles. The van der Waals surface area contributed by atoms with Gasteiger partial charge >= 0.3 is 0 Å². The Morgan fingerprint density at radius 1 is 0.892 bits per heavy atom. The number of halogens is 1. The van der Waals surface area contributed by atoms with Crippen molar-refractivity contribution < 1.29 is 4.74 Å². The Hall–Kier alpha value is -4.00. The number of nitrogens with one attached hydrogen (secondary N) is 1. The standard InChI is InChI=1S/C30H23ClN4OS/c1-36-24-14-5-19(6-15-24)18-32-30-35-34-29(37-30)22-8-7-20-11-16-25(26(20)17-22)28-4-2-3-27(33-28)21-9-12-23(31)13-10-21/h2-10,12-17H,11,18H2,1H3,(H,32,35). The van der Waals surface area contributed by atoms with E-state index >= 15 is 0 Å². The van der Waals surface area contributed by atoms with Gasteiger partial charge in [0, 0.05) is 28.3 Å². The smallest absolute Gasteiger partial charge is 0.206 e. The second kappa shape index (κ2) is 10.2. The zero-order chi connectivity index (χ0) is 25.2. The fraction of sp³-hybridized carbons (Fsp3) is 0.100. The number of aromatic nitrogens is 3. The van der Waals surface area contributed by atoms with Crippen LogP contribution < -0.4 is 10.1 Å². The number of anilines is 1. The highest BCUT2D eigenvalue weighted by Gasteiger charge is 2.19. The van der Waals surface area contributed by atoms with Gasteiger partial charge in [0.05, 0.1) is 18.5 Å². The molecule has 2 heterocycles. The first-order valence-corrected chi connectivity index (χ1v) is 13.1. The summed E-state index contributed by atoms with van der Waals surface area (Å²) in [7, 11) is 1.67. The van der Waals surface area contributed by atoms with E-state index in [1.165, 1.54) is 11.1 Å². The molecule has 0 saturated carbocycles. The van der Waals surface area contributed by atoms with Gasteiger partial charge in [-0.2, -0.15) is 0 Å². The molecule has 0 fully saturated rings. The highest BCUT2D eigenvalue weighted by atomic mass is 35.5. The summed E-state index contributed by atoms with van der Waals surface area (Å²) in [6.45, 7) is 0.672. The first-order chi connectivity index (χ1) is 18.2. The van der Waals surface area contributed by atoms with Crippen molar-refractivity contribution in [2.24, 2.45) is 0 Å². The van der Waals surface area contributed by atoms with Crippen molar-refractivity contribution in [1.29, 1.82) is 0 Å². The summed E-state index contributed by atoms with van der Waals surface area (Å²) < 4.78 is 5.23. The number of hydrogen-bond donors (Lipinski definition) is 1. The van der Waals surface area contributed by atoms with Crippen LogP contribution in [0.3, 0.4) is 0 Å². The molecule has 0 radical (unpaired) electrons. The third-order valence-corrected chi connectivity index (χ3v) is 7.55. The Kier molecular flexibility index (Phi) is 6.43. The van der Waals surface area contributed by atoms with Gasteiger partial charge in [-0.15, -0.1) is 10.2 Å². The molecule has 1 N–H and O–H groups in total. The molecule has 0 atom stereocenters. The molecule has 0 bridgehead atoms. The Morgan fingerprint density at radius 2 is 1.68 bits per heavy atom. The number of pyridine rings is 1. The lowest BCUT2D eigenvalue weighted by Crippen LogP contribution is -1.98. The maximum Gasteiger partial charge on any atom is 0.206 e. The summed E-state index contributed by atoms with van der Waals surface area (Å²) in [5.74, 6) is 0.846. The second-order valence-corrected chi connectivity index (χ2v) is 10.1. The minimum atomic E-state index is 0.672. The number of methoxy groups -OCH3 is 1. The number of rotatable bonds is 7. The van der Waals surface area contributed by atoms with Gasteiger partial charge < -0.3 is 10.1 Å². The fourth-order valence-electron chi connectivity index (χ4n) is 4.40. The molecule has 0 aliphatic heterocycles. The van der Waals surface area contributed by atoms with Gasteiger partial charge in [0.25, 0.3) is 0 Å². The van der Waals surface area contributed by atoms with Crippen LogP contribution in [0.4, 0.5) is 5.13 Å². The van der Waals surface area contributed by atoms with Gasteiger partial charge in [0.2, 0.25) is 5.13 Å². The Bertz CT molecular complexity index is 1590. The fourth-order valence-corrected chi connectivity index (χ4v) is 5.26. The summed E-state index contributed by atoms with van der Waals surface area (Å²) in [6.07, 6.45) is 3.15. The van der Waals surface area contributed by atoms with Crippen molar-refractivity contribution in [3.05, 3.63) is 118 Å². The van der Waals surface area contributed by atoms with Crippen molar-refractivity contribution in [1.82, 2.24) is 15.2 Å². The molecule has 3 aromatic carbocycles. The molecule has 1 aliphatic carbocycles. The third-order valence-electron chi connectivity index (χ3n) is 6.37.